The molecule has 1 saturated heterocycles. The largest absolute Gasteiger partial charge is 0.381 e. The maximum atomic E-state index is 6.00. The quantitative estimate of drug-likeness (QED) is 0.649. The van der Waals surface area contributed by atoms with Crippen molar-refractivity contribution < 1.29 is 9.26 Å². The number of hydrogen-bond acceptors (Lipinski definition) is 5. The van der Waals surface area contributed by atoms with Gasteiger partial charge in [-0.05, 0) is 18.6 Å². The summed E-state index contributed by atoms with van der Waals surface area (Å²) in [5.74, 6) is 2.34. The van der Waals surface area contributed by atoms with E-state index in [0.29, 0.717) is 29.2 Å². The molecule has 0 spiro atoms. The van der Waals surface area contributed by atoms with Crippen LogP contribution in [-0.2, 0) is 11.3 Å². The fourth-order valence-electron chi connectivity index (χ4n) is 2.81. The summed E-state index contributed by atoms with van der Waals surface area (Å²) in [6.07, 6.45) is 1.09. The number of guanidine groups is 1. The Kier molecular flexibility index (Phi) is 5.88. The molecule has 0 amide bonds. The Morgan fingerprint density at radius 2 is 2.36 bits per heavy atom. The molecular weight excluding hydrogens is 342 g/mol. The van der Waals surface area contributed by atoms with Gasteiger partial charge in [0.25, 0.3) is 0 Å². The fraction of sp³-hybridized carbons (Fsp3) is 0.471. The minimum absolute atomic E-state index is 0.408. The summed E-state index contributed by atoms with van der Waals surface area (Å²) in [4.78, 5) is 10.8. The van der Waals surface area contributed by atoms with Crippen molar-refractivity contribution in [3.63, 3.8) is 0 Å². The normalized spacial score (nSPS) is 17.7. The van der Waals surface area contributed by atoms with Crippen LogP contribution < -0.4 is 5.32 Å². The van der Waals surface area contributed by atoms with E-state index in [4.69, 9.17) is 20.9 Å². The summed E-state index contributed by atoms with van der Waals surface area (Å²) in [5, 5.41) is 7.89. The van der Waals surface area contributed by atoms with E-state index in [2.05, 4.69) is 25.3 Å². The highest BCUT2D eigenvalue weighted by Crippen LogP contribution is 2.20. The third kappa shape index (κ3) is 4.70. The highest BCUT2D eigenvalue weighted by molar-refractivity contribution is 6.30. The maximum absolute atomic E-state index is 6.00. The Hall–Kier alpha value is -2.12. The van der Waals surface area contributed by atoms with Gasteiger partial charge >= 0.3 is 0 Å². The highest BCUT2D eigenvalue weighted by atomic mass is 35.5. The number of rotatable bonds is 5. The van der Waals surface area contributed by atoms with Crippen LogP contribution in [0, 0.1) is 5.92 Å². The number of nitrogens with one attached hydrogen (secondary N) is 1. The van der Waals surface area contributed by atoms with Crippen LogP contribution in [0.2, 0.25) is 5.02 Å². The summed E-state index contributed by atoms with van der Waals surface area (Å²) in [5.41, 5.74) is 0.824. The number of benzene rings is 1. The molecule has 1 aromatic carbocycles. The van der Waals surface area contributed by atoms with Crippen molar-refractivity contribution in [2.75, 3.05) is 33.9 Å². The number of aromatic nitrogens is 2. The minimum Gasteiger partial charge on any atom is -0.381 e. The first-order chi connectivity index (χ1) is 12.2. The van der Waals surface area contributed by atoms with E-state index in [1.54, 1.807) is 13.1 Å². The molecule has 1 N–H and O–H groups in total. The predicted molar refractivity (Wildman–Crippen MR) is 96.5 cm³/mol. The van der Waals surface area contributed by atoms with Crippen molar-refractivity contribution in [1.82, 2.24) is 20.4 Å². The molecule has 0 aliphatic carbocycles. The lowest BCUT2D eigenvalue weighted by Crippen LogP contribution is -2.41. The van der Waals surface area contributed by atoms with E-state index < -0.39 is 0 Å². The Morgan fingerprint density at radius 1 is 1.48 bits per heavy atom. The smallest absolute Gasteiger partial charge is 0.246 e. The fourth-order valence-corrected chi connectivity index (χ4v) is 3.00. The third-order valence-corrected chi connectivity index (χ3v) is 4.31. The van der Waals surface area contributed by atoms with E-state index >= 15 is 0 Å². The van der Waals surface area contributed by atoms with Crippen LogP contribution in [-0.4, -0.2) is 54.9 Å². The van der Waals surface area contributed by atoms with Crippen LogP contribution >= 0.6 is 11.6 Å². The summed E-state index contributed by atoms with van der Waals surface area (Å²) in [7, 11) is 3.77. The summed E-state index contributed by atoms with van der Waals surface area (Å²) < 4.78 is 10.7. The van der Waals surface area contributed by atoms with Crippen LogP contribution in [0.4, 0.5) is 0 Å². The average Bonchev–Trinajstić information content (AvgIpc) is 3.27. The maximum Gasteiger partial charge on any atom is 0.246 e. The molecule has 1 aliphatic heterocycles. The molecule has 8 heteroatoms. The van der Waals surface area contributed by atoms with Crippen molar-refractivity contribution in [2.24, 2.45) is 10.9 Å². The lowest BCUT2D eigenvalue weighted by atomic mass is 10.1. The van der Waals surface area contributed by atoms with Gasteiger partial charge in [-0.3, -0.25) is 4.99 Å². The molecule has 25 heavy (non-hydrogen) atoms. The molecule has 1 fully saturated rings. The van der Waals surface area contributed by atoms with Crippen molar-refractivity contribution in [3.05, 3.63) is 35.2 Å². The Balaban J connectivity index is 1.57. The van der Waals surface area contributed by atoms with Gasteiger partial charge in [-0.1, -0.05) is 28.9 Å². The summed E-state index contributed by atoms with van der Waals surface area (Å²) >= 11 is 6.00. The Labute approximate surface area is 152 Å². The first-order valence-corrected chi connectivity index (χ1v) is 8.61. The van der Waals surface area contributed by atoms with Crippen LogP contribution in [0.15, 0.2) is 33.8 Å². The molecule has 134 valence electrons. The molecule has 0 bridgehead atoms. The number of hydrogen-bond donors (Lipinski definition) is 1. The van der Waals surface area contributed by atoms with Crippen molar-refractivity contribution in [3.8, 4) is 11.4 Å². The second-order valence-corrected chi connectivity index (χ2v) is 6.47. The lowest BCUT2D eigenvalue weighted by molar-refractivity contribution is 0.181. The standard InChI is InChI=1S/C17H22ClN5O2/c1-19-17(23(2)10-12-6-7-24-11-12)20-9-15-21-16(22-25-15)13-4-3-5-14(18)8-13/h3-5,8,12H,6-7,9-11H2,1-2H3,(H,19,20). The second-order valence-electron chi connectivity index (χ2n) is 6.03. The van der Waals surface area contributed by atoms with Gasteiger partial charge in [0, 0.05) is 43.8 Å². The molecular formula is C17H22ClN5O2. The first kappa shape index (κ1) is 17.7. The van der Waals surface area contributed by atoms with E-state index in [0.717, 1.165) is 37.7 Å². The van der Waals surface area contributed by atoms with Gasteiger partial charge in [0.1, 0.15) is 0 Å². The van der Waals surface area contributed by atoms with Gasteiger partial charge < -0.3 is 19.5 Å². The topological polar surface area (TPSA) is 75.8 Å². The zero-order valence-corrected chi connectivity index (χ0v) is 15.2. The zero-order valence-electron chi connectivity index (χ0n) is 14.4. The number of aliphatic imine (C=N–C) groups is 1. The molecule has 0 radical (unpaired) electrons. The van der Waals surface area contributed by atoms with Crippen LogP contribution in [0.5, 0.6) is 0 Å². The first-order valence-electron chi connectivity index (χ1n) is 8.23. The van der Waals surface area contributed by atoms with Crippen molar-refractivity contribution >= 4 is 17.6 Å². The van der Waals surface area contributed by atoms with Gasteiger partial charge in [-0.25, -0.2) is 0 Å². The molecule has 7 nitrogen and oxygen atoms in total. The van der Waals surface area contributed by atoms with E-state index in [1.807, 2.05) is 25.2 Å². The molecule has 0 saturated carbocycles. The summed E-state index contributed by atoms with van der Waals surface area (Å²) in [6.45, 7) is 2.97. The monoisotopic (exact) mass is 363 g/mol. The van der Waals surface area contributed by atoms with Crippen LogP contribution in [0.1, 0.15) is 12.3 Å². The molecule has 1 unspecified atom stereocenters. The van der Waals surface area contributed by atoms with Crippen LogP contribution in [0.3, 0.4) is 0 Å². The third-order valence-electron chi connectivity index (χ3n) is 4.08. The number of nitrogens with zero attached hydrogens (tertiary/aromatic N) is 4. The Morgan fingerprint density at radius 3 is 3.08 bits per heavy atom. The number of ether oxygens (including phenoxy) is 1. The molecule has 1 atom stereocenters. The van der Waals surface area contributed by atoms with Gasteiger partial charge in [-0.2, -0.15) is 4.98 Å². The van der Waals surface area contributed by atoms with Crippen LogP contribution in [0.25, 0.3) is 11.4 Å². The number of halogens is 1. The summed E-state index contributed by atoms with van der Waals surface area (Å²) in [6, 6.07) is 7.36. The van der Waals surface area contributed by atoms with E-state index in [-0.39, 0.29) is 0 Å². The van der Waals surface area contributed by atoms with Gasteiger partial charge in [0.2, 0.25) is 11.7 Å². The molecule has 1 aliphatic rings. The van der Waals surface area contributed by atoms with Gasteiger partial charge in [0.05, 0.1) is 13.2 Å². The highest BCUT2D eigenvalue weighted by Gasteiger charge is 2.19. The lowest BCUT2D eigenvalue weighted by Gasteiger charge is -2.23. The predicted octanol–water partition coefficient (Wildman–Crippen LogP) is 2.43. The Bertz CT molecular complexity index is 727. The average molecular weight is 364 g/mol. The SMILES string of the molecule is CN=C(NCc1nc(-c2cccc(Cl)c2)no1)N(C)CC1CCOC1. The van der Waals surface area contributed by atoms with E-state index in [9.17, 15) is 0 Å². The molecule has 2 aromatic rings. The minimum atomic E-state index is 0.408. The second kappa shape index (κ2) is 8.31. The molecule has 1 aromatic heterocycles. The van der Waals surface area contributed by atoms with Gasteiger partial charge in [0.15, 0.2) is 5.96 Å². The zero-order chi connectivity index (χ0) is 17.6. The molecule has 2 heterocycles. The van der Waals surface area contributed by atoms with Gasteiger partial charge in [-0.15, -0.1) is 0 Å². The van der Waals surface area contributed by atoms with Crippen molar-refractivity contribution in [1.29, 1.82) is 0 Å². The van der Waals surface area contributed by atoms with Crippen molar-refractivity contribution in [2.45, 2.75) is 13.0 Å². The van der Waals surface area contributed by atoms with E-state index in [1.165, 1.54) is 0 Å². The molecule has 3 rings (SSSR count).